The van der Waals surface area contributed by atoms with E-state index in [4.69, 9.17) is 14.7 Å². The first-order valence-corrected chi connectivity index (χ1v) is 19.9. The van der Waals surface area contributed by atoms with E-state index in [0.717, 1.165) is 50.3 Å². The number of hydrogen-bond acceptors (Lipinski definition) is 3. The quantitative estimate of drug-likeness (QED) is 0.156. The SMILES string of the molecule is Cc1cc(C(C)(C)C)cc(C)c1-n1ccnc1-c1[c-]c(Oc2[c-]c3c(cc2)c2ccccc2n3-c2cc(-c3ccc(C(C)(C)C)cc3C(C)(C)C)ccn2)ccc1.[Pt+2]. The summed E-state index contributed by atoms with van der Waals surface area (Å²) >= 11 is 0. The zero-order chi connectivity index (χ0) is 40.4. The van der Waals surface area contributed by atoms with E-state index >= 15 is 0 Å². The first kappa shape index (κ1) is 40.9. The molecule has 296 valence electrons. The van der Waals surface area contributed by atoms with Gasteiger partial charge in [-0.2, -0.15) is 6.07 Å². The van der Waals surface area contributed by atoms with Crippen LogP contribution in [0.1, 0.15) is 90.1 Å². The van der Waals surface area contributed by atoms with Crippen molar-refractivity contribution in [1.29, 1.82) is 0 Å². The second-order valence-electron chi connectivity index (χ2n) is 18.5. The fourth-order valence-corrected chi connectivity index (χ4v) is 7.97. The summed E-state index contributed by atoms with van der Waals surface area (Å²) in [6.07, 6.45) is 5.79. The number of imidazole rings is 1. The molecule has 0 saturated heterocycles. The van der Waals surface area contributed by atoms with E-state index in [9.17, 15) is 0 Å². The maximum absolute atomic E-state index is 6.56. The third-order valence-electron chi connectivity index (χ3n) is 11.0. The molecular weight excluding hydrogens is 892 g/mol. The summed E-state index contributed by atoms with van der Waals surface area (Å²) in [6, 6.07) is 41.5. The number of aryl methyl sites for hydroxylation is 2. The van der Waals surface area contributed by atoms with E-state index < -0.39 is 0 Å². The molecule has 5 nitrogen and oxygen atoms in total. The fourth-order valence-electron chi connectivity index (χ4n) is 7.97. The Morgan fingerprint density at radius 1 is 0.603 bits per heavy atom. The molecular formula is C52H52N4OPt. The molecule has 6 heteroatoms. The van der Waals surface area contributed by atoms with Gasteiger partial charge in [-0.05, 0) is 92.6 Å². The number of ether oxygens (including phenoxy) is 1. The van der Waals surface area contributed by atoms with Crippen molar-refractivity contribution in [1.82, 2.24) is 19.1 Å². The average molecular weight is 944 g/mol. The van der Waals surface area contributed by atoms with Crippen molar-refractivity contribution in [2.45, 2.75) is 92.4 Å². The van der Waals surface area contributed by atoms with Gasteiger partial charge >= 0.3 is 21.1 Å². The topological polar surface area (TPSA) is 44.9 Å². The summed E-state index contributed by atoms with van der Waals surface area (Å²) in [5.74, 6) is 2.82. The van der Waals surface area contributed by atoms with Crippen molar-refractivity contribution in [3.8, 4) is 45.5 Å². The third kappa shape index (κ3) is 7.70. The van der Waals surface area contributed by atoms with E-state index in [2.05, 4.69) is 170 Å². The zero-order valence-corrected chi connectivity index (χ0v) is 37.8. The maximum atomic E-state index is 6.56. The minimum Gasteiger partial charge on any atom is -0.503 e. The summed E-state index contributed by atoms with van der Waals surface area (Å²) in [4.78, 5) is 9.75. The van der Waals surface area contributed by atoms with Gasteiger partial charge in [-0.15, -0.1) is 41.3 Å². The first-order valence-electron chi connectivity index (χ1n) is 19.9. The summed E-state index contributed by atoms with van der Waals surface area (Å²) in [7, 11) is 0. The van der Waals surface area contributed by atoms with Gasteiger partial charge in [-0.3, -0.25) is 4.98 Å². The number of nitrogens with zero attached hydrogens (tertiary/aromatic N) is 4. The third-order valence-corrected chi connectivity index (χ3v) is 11.0. The van der Waals surface area contributed by atoms with Crippen LogP contribution in [0.5, 0.6) is 11.5 Å². The standard InChI is InChI=1S/C52H52N4O.Pt/c1-33-27-38(51(6,7)8)28-34(2)48(33)55-26-25-54-49(55)36-15-14-16-39(29-36)57-40-20-22-43-42-17-12-13-18-45(42)56(46(43)32-40)47-30-35(23-24-53-47)41-21-19-37(50(3,4)5)31-44(41)52(9,10)11;/h12-28,30-31H,1-11H3;/q-2;+2. The molecule has 0 bridgehead atoms. The predicted molar refractivity (Wildman–Crippen MR) is 236 cm³/mol. The van der Waals surface area contributed by atoms with E-state index in [1.54, 1.807) is 0 Å². The molecule has 3 aromatic heterocycles. The molecule has 58 heavy (non-hydrogen) atoms. The van der Waals surface area contributed by atoms with Gasteiger partial charge in [0.25, 0.3) is 0 Å². The molecule has 0 atom stereocenters. The van der Waals surface area contributed by atoms with Gasteiger partial charge in [0, 0.05) is 41.3 Å². The van der Waals surface area contributed by atoms with Crippen molar-refractivity contribution in [3.05, 3.63) is 156 Å². The Labute approximate surface area is 358 Å². The minimum absolute atomic E-state index is 0. The number of rotatable bonds is 6. The predicted octanol–water partition coefficient (Wildman–Crippen LogP) is 13.6. The summed E-state index contributed by atoms with van der Waals surface area (Å²) in [6.45, 7) is 24.8. The molecule has 0 unspecified atom stereocenters. The minimum atomic E-state index is -0.0457. The smallest absolute Gasteiger partial charge is 0.503 e. The molecule has 8 rings (SSSR count). The molecule has 8 aromatic rings. The van der Waals surface area contributed by atoms with Crippen LogP contribution in [0.25, 0.3) is 55.8 Å². The fraction of sp³-hybridized carbons (Fsp3) is 0.269. The molecule has 3 heterocycles. The molecule has 5 aromatic carbocycles. The van der Waals surface area contributed by atoms with Gasteiger partial charge in [0.2, 0.25) is 0 Å². The van der Waals surface area contributed by atoms with E-state index in [1.165, 1.54) is 33.4 Å². The molecule has 0 spiro atoms. The Kier molecular flexibility index (Phi) is 10.7. The molecule has 0 aliphatic rings. The molecule has 0 saturated carbocycles. The number of para-hydroxylation sites is 1. The van der Waals surface area contributed by atoms with Gasteiger partial charge in [0.1, 0.15) is 5.82 Å². The number of benzene rings is 5. The van der Waals surface area contributed by atoms with Crippen molar-refractivity contribution < 1.29 is 25.8 Å². The second kappa shape index (κ2) is 15.2. The van der Waals surface area contributed by atoms with Gasteiger partial charge in [-0.1, -0.05) is 122 Å². The van der Waals surface area contributed by atoms with Crippen LogP contribution >= 0.6 is 0 Å². The molecule has 0 aliphatic heterocycles. The maximum Gasteiger partial charge on any atom is 2.00 e. The summed E-state index contributed by atoms with van der Waals surface area (Å²) in [5.41, 5.74) is 12.7. The van der Waals surface area contributed by atoms with Crippen LogP contribution in [0.3, 0.4) is 0 Å². The zero-order valence-electron chi connectivity index (χ0n) is 35.5. The van der Waals surface area contributed by atoms with Crippen molar-refractivity contribution in [2.24, 2.45) is 0 Å². The summed E-state index contributed by atoms with van der Waals surface area (Å²) < 4.78 is 10.9. The Morgan fingerprint density at radius 3 is 2.02 bits per heavy atom. The van der Waals surface area contributed by atoms with Crippen LogP contribution in [-0.4, -0.2) is 19.1 Å². The average Bonchev–Trinajstić information content (AvgIpc) is 3.76. The number of aromatic nitrogens is 4. The number of pyridine rings is 1. The molecule has 0 radical (unpaired) electrons. The Morgan fingerprint density at radius 2 is 1.31 bits per heavy atom. The van der Waals surface area contributed by atoms with Crippen LogP contribution in [0.2, 0.25) is 0 Å². The second-order valence-corrected chi connectivity index (χ2v) is 18.5. The van der Waals surface area contributed by atoms with Gasteiger partial charge in [-0.25, -0.2) is 4.98 Å². The number of hydrogen-bond donors (Lipinski definition) is 0. The van der Waals surface area contributed by atoms with Gasteiger partial charge in [0.05, 0.1) is 5.82 Å². The number of fused-ring (bicyclic) bond motifs is 3. The largest absolute Gasteiger partial charge is 2.00 e. The van der Waals surface area contributed by atoms with Crippen molar-refractivity contribution in [3.63, 3.8) is 0 Å². The molecule has 0 N–H and O–H groups in total. The van der Waals surface area contributed by atoms with E-state index in [1.807, 2.05) is 42.9 Å². The van der Waals surface area contributed by atoms with Crippen LogP contribution < -0.4 is 4.74 Å². The summed E-state index contributed by atoms with van der Waals surface area (Å²) in [5, 5.41) is 2.21. The van der Waals surface area contributed by atoms with E-state index in [-0.39, 0.29) is 37.3 Å². The van der Waals surface area contributed by atoms with Crippen LogP contribution in [0.15, 0.2) is 116 Å². The molecule has 0 amide bonds. The molecule has 0 fully saturated rings. The van der Waals surface area contributed by atoms with Crippen LogP contribution in [0, 0.1) is 26.0 Å². The van der Waals surface area contributed by atoms with Crippen molar-refractivity contribution >= 4 is 21.8 Å². The normalized spacial score (nSPS) is 12.3. The van der Waals surface area contributed by atoms with Crippen LogP contribution in [-0.2, 0) is 37.3 Å². The van der Waals surface area contributed by atoms with Crippen molar-refractivity contribution in [2.75, 3.05) is 0 Å². The Bertz CT molecular complexity index is 2780. The Balaban J connectivity index is 0.00000512. The van der Waals surface area contributed by atoms with Gasteiger partial charge < -0.3 is 13.9 Å². The molecule has 0 aliphatic carbocycles. The first-order chi connectivity index (χ1) is 27.0. The van der Waals surface area contributed by atoms with Crippen LogP contribution in [0.4, 0.5) is 0 Å². The Hall–Kier alpha value is -5.25. The monoisotopic (exact) mass is 943 g/mol. The van der Waals surface area contributed by atoms with E-state index in [0.29, 0.717) is 11.5 Å². The van der Waals surface area contributed by atoms with Gasteiger partial charge in [0.15, 0.2) is 0 Å².